The largest absolute Gasteiger partial charge is 0.510 e. The van der Waals surface area contributed by atoms with Crippen LogP contribution in [0.5, 0.6) is 0 Å². The van der Waals surface area contributed by atoms with Crippen LogP contribution in [0.4, 0.5) is 4.79 Å². The van der Waals surface area contributed by atoms with E-state index in [-0.39, 0.29) is 25.2 Å². The maximum Gasteiger partial charge on any atom is 0.510 e. The molecule has 8 heteroatoms. The molecule has 0 aromatic rings. The summed E-state index contributed by atoms with van der Waals surface area (Å²) in [5.74, 6) is -0.705. The minimum absolute atomic E-state index is 0.199. The molecule has 0 bridgehead atoms. The van der Waals surface area contributed by atoms with Crippen molar-refractivity contribution in [3.8, 4) is 0 Å². The van der Waals surface area contributed by atoms with E-state index in [1.165, 1.54) is 135 Å². The molecule has 0 aliphatic heterocycles. The van der Waals surface area contributed by atoms with Gasteiger partial charge in [-0.25, -0.2) is 4.79 Å². The summed E-state index contributed by atoms with van der Waals surface area (Å²) in [4.78, 5) is 36.5. The van der Waals surface area contributed by atoms with E-state index in [1.54, 1.807) is 0 Å². The summed E-state index contributed by atoms with van der Waals surface area (Å²) in [6, 6.07) is 0. The van der Waals surface area contributed by atoms with Crippen molar-refractivity contribution in [3.63, 3.8) is 0 Å². The molecular formula is C38H71ClO7. The van der Waals surface area contributed by atoms with Gasteiger partial charge in [-0.05, 0) is 19.8 Å². The Bertz CT molecular complexity index is 655. The number of carbonyl (C=O) groups excluding carboxylic acids is 3. The molecule has 0 aliphatic carbocycles. The molecule has 0 fully saturated rings. The lowest BCUT2D eigenvalue weighted by Crippen LogP contribution is -2.31. The predicted octanol–water partition coefficient (Wildman–Crippen LogP) is 12.1. The molecule has 46 heavy (non-hydrogen) atoms. The van der Waals surface area contributed by atoms with Crippen LogP contribution in [-0.4, -0.2) is 43.0 Å². The minimum Gasteiger partial charge on any atom is -0.462 e. The smallest absolute Gasteiger partial charge is 0.462 e. The van der Waals surface area contributed by atoms with Gasteiger partial charge in [0.25, 0.3) is 0 Å². The fraction of sp³-hybridized carbons (Fsp3) is 0.921. The van der Waals surface area contributed by atoms with Crippen molar-refractivity contribution in [2.75, 3.05) is 13.2 Å². The first-order valence-electron chi connectivity index (χ1n) is 19.2. The predicted molar refractivity (Wildman–Crippen MR) is 189 cm³/mol. The van der Waals surface area contributed by atoms with Gasteiger partial charge >= 0.3 is 18.1 Å². The summed E-state index contributed by atoms with van der Waals surface area (Å²) in [5.41, 5.74) is -0.871. The number of alkyl halides is 1. The van der Waals surface area contributed by atoms with Gasteiger partial charge in [0.05, 0.1) is 0 Å². The summed E-state index contributed by atoms with van der Waals surface area (Å²) in [7, 11) is 0. The van der Waals surface area contributed by atoms with E-state index in [2.05, 4.69) is 13.8 Å². The van der Waals surface area contributed by atoms with Crippen LogP contribution in [-0.2, 0) is 28.5 Å². The van der Waals surface area contributed by atoms with Crippen molar-refractivity contribution in [2.24, 2.45) is 0 Å². The van der Waals surface area contributed by atoms with E-state index < -0.39 is 17.8 Å². The number of carbonyl (C=O) groups is 3. The highest BCUT2D eigenvalue weighted by Crippen LogP contribution is 2.15. The molecule has 1 atom stereocenters. The lowest BCUT2D eigenvalue weighted by Gasteiger charge is -2.18. The molecule has 0 rings (SSSR count). The zero-order valence-electron chi connectivity index (χ0n) is 30.1. The van der Waals surface area contributed by atoms with Crippen LogP contribution in [0.1, 0.15) is 201 Å². The Kier molecular flexibility index (Phi) is 33.7. The number of hydrogen-bond acceptors (Lipinski definition) is 7. The first-order chi connectivity index (χ1) is 22.4. The average Bonchev–Trinajstić information content (AvgIpc) is 3.02. The Morgan fingerprint density at radius 1 is 0.457 bits per heavy atom. The van der Waals surface area contributed by atoms with E-state index >= 15 is 0 Å². The van der Waals surface area contributed by atoms with Crippen LogP contribution in [0.15, 0.2) is 0 Å². The third kappa shape index (κ3) is 33.9. The van der Waals surface area contributed by atoms with Crippen LogP contribution in [0.2, 0.25) is 0 Å². The van der Waals surface area contributed by atoms with E-state index in [1.807, 2.05) is 0 Å². The number of ether oxygens (including phenoxy) is 4. The summed E-state index contributed by atoms with van der Waals surface area (Å²) in [6.45, 7) is 5.59. The van der Waals surface area contributed by atoms with Gasteiger partial charge in [0.15, 0.2) is 11.7 Å². The summed E-state index contributed by atoms with van der Waals surface area (Å²) in [6.07, 6.45) is 30.8. The Morgan fingerprint density at radius 2 is 0.739 bits per heavy atom. The fourth-order valence-electron chi connectivity index (χ4n) is 5.50. The quantitative estimate of drug-likeness (QED) is 0.0290. The second kappa shape index (κ2) is 34.8. The first-order valence-corrected chi connectivity index (χ1v) is 19.6. The first kappa shape index (κ1) is 44.5. The third-order valence-electron chi connectivity index (χ3n) is 8.35. The van der Waals surface area contributed by atoms with Crippen LogP contribution in [0, 0.1) is 0 Å². The molecule has 0 heterocycles. The Hall–Kier alpha value is -1.50. The van der Waals surface area contributed by atoms with Crippen LogP contribution >= 0.6 is 11.6 Å². The number of unbranched alkanes of at least 4 members (excludes halogenated alkanes) is 24. The Labute approximate surface area is 287 Å². The zero-order chi connectivity index (χ0) is 33.9. The highest BCUT2D eigenvalue weighted by molar-refractivity contribution is 6.19. The van der Waals surface area contributed by atoms with Gasteiger partial charge in [0, 0.05) is 12.8 Å². The summed E-state index contributed by atoms with van der Waals surface area (Å²) < 4.78 is 20.7. The molecule has 0 saturated carbocycles. The molecule has 272 valence electrons. The van der Waals surface area contributed by atoms with Crippen molar-refractivity contribution < 1.29 is 33.3 Å². The number of hydrogen-bond donors (Lipinski definition) is 0. The third-order valence-corrected chi connectivity index (χ3v) is 8.44. The zero-order valence-corrected chi connectivity index (χ0v) is 30.9. The highest BCUT2D eigenvalue weighted by Gasteiger charge is 2.21. The fourth-order valence-corrected chi connectivity index (χ4v) is 5.58. The van der Waals surface area contributed by atoms with E-state index in [0.717, 1.165) is 38.5 Å². The van der Waals surface area contributed by atoms with Gasteiger partial charge in [-0.15, -0.1) is 0 Å². The van der Waals surface area contributed by atoms with Crippen molar-refractivity contribution in [3.05, 3.63) is 0 Å². The topological polar surface area (TPSA) is 88.1 Å². The van der Waals surface area contributed by atoms with Crippen molar-refractivity contribution in [2.45, 2.75) is 212 Å². The molecule has 1 unspecified atom stereocenters. The van der Waals surface area contributed by atoms with Gasteiger partial charge in [0.1, 0.15) is 13.2 Å². The second-order valence-corrected chi connectivity index (χ2v) is 13.6. The van der Waals surface area contributed by atoms with Crippen molar-refractivity contribution in [1.29, 1.82) is 0 Å². The Morgan fingerprint density at radius 3 is 1.02 bits per heavy atom. The van der Waals surface area contributed by atoms with E-state index in [0.29, 0.717) is 12.8 Å². The van der Waals surface area contributed by atoms with Crippen LogP contribution in [0.3, 0.4) is 0 Å². The molecule has 0 radical (unpaired) electrons. The molecule has 7 nitrogen and oxygen atoms in total. The summed E-state index contributed by atoms with van der Waals surface area (Å²) in [5, 5.41) is 0. The number of rotatable bonds is 34. The molecule has 0 saturated heterocycles. The number of halogens is 1. The molecule has 0 N–H and O–H groups in total. The maximum absolute atomic E-state index is 12.3. The minimum atomic E-state index is -0.993. The van der Waals surface area contributed by atoms with Gasteiger partial charge < -0.3 is 18.9 Å². The molecule has 0 aliphatic rings. The highest BCUT2D eigenvalue weighted by atomic mass is 35.5. The number of esters is 2. The molecule has 0 amide bonds. The average molecular weight is 675 g/mol. The molecular weight excluding hydrogens is 604 g/mol. The van der Waals surface area contributed by atoms with Crippen LogP contribution < -0.4 is 0 Å². The monoisotopic (exact) mass is 674 g/mol. The maximum atomic E-state index is 12.3. The van der Waals surface area contributed by atoms with Gasteiger partial charge in [0.2, 0.25) is 0 Å². The van der Waals surface area contributed by atoms with Crippen LogP contribution in [0.25, 0.3) is 0 Å². The molecule has 0 spiro atoms. The molecule has 0 aromatic carbocycles. The Balaban J connectivity index is 4.01. The lowest BCUT2D eigenvalue weighted by atomic mass is 10.0. The van der Waals surface area contributed by atoms with Gasteiger partial charge in [-0.3, -0.25) is 9.59 Å². The normalized spacial score (nSPS) is 11.8. The standard InChI is InChI=1S/C38H71ClO7/c1-4-6-8-10-12-14-16-18-20-22-24-26-28-30-36(40)43-32-35(46-38(42)45-34(3)39)33-44-37(41)31-29-27-25-23-21-19-17-15-13-11-9-7-5-2/h34-35H,4-33H2,1-3H3. The van der Waals surface area contributed by atoms with Gasteiger partial charge in [-0.1, -0.05) is 180 Å². The van der Waals surface area contributed by atoms with Gasteiger partial charge in [-0.2, -0.15) is 0 Å². The summed E-state index contributed by atoms with van der Waals surface area (Å²) >= 11 is 5.71. The van der Waals surface area contributed by atoms with Crippen molar-refractivity contribution >= 4 is 29.7 Å². The van der Waals surface area contributed by atoms with E-state index in [4.69, 9.17) is 30.5 Å². The lowest BCUT2D eigenvalue weighted by molar-refractivity contribution is -0.153. The SMILES string of the molecule is CCCCCCCCCCCCCCCC(=O)OCC(COC(=O)CCCCCCCCCCCCCCC)OC(=O)OC(C)Cl. The van der Waals surface area contributed by atoms with Crippen molar-refractivity contribution in [1.82, 2.24) is 0 Å². The second-order valence-electron chi connectivity index (χ2n) is 13.0. The molecule has 0 aromatic heterocycles. The van der Waals surface area contributed by atoms with E-state index in [9.17, 15) is 14.4 Å².